The first-order chi connectivity index (χ1) is 7.15. The predicted molar refractivity (Wildman–Crippen MR) is 62.7 cm³/mol. The molecular weight excluding hydrogens is 212 g/mol. The number of ether oxygens (including phenoxy) is 1. The molecule has 0 aliphatic heterocycles. The Balaban J connectivity index is 3.10. The van der Waals surface area contributed by atoms with E-state index < -0.39 is 0 Å². The van der Waals surface area contributed by atoms with E-state index in [-0.39, 0.29) is 11.1 Å². The highest BCUT2D eigenvalue weighted by molar-refractivity contribution is 6.75. The molecule has 1 aromatic carbocycles. The van der Waals surface area contributed by atoms with Gasteiger partial charge in [-0.25, -0.2) is 0 Å². The Labute approximate surface area is 93.4 Å². The van der Waals surface area contributed by atoms with E-state index in [2.05, 4.69) is 0 Å². The van der Waals surface area contributed by atoms with Gasteiger partial charge in [-0.05, 0) is 5.56 Å². The van der Waals surface area contributed by atoms with Gasteiger partial charge in [0.2, 0.25) is 5.90 Å². The number of rotatable bonds is 3. The second-order valence-corrected chi connectivity index (χ2v) is 3.18. The summed E-state index contributed by atoms with van der Waals surface area (Å²) >= 11 is 5.64. The van der Waals surface area contributed by atoms with Crippen LogP contribution in [0.15, 0.2) is 36.4 Å². The summed E-state index contributed by atoms with van der Waals surface area (Å²) in [6, 6.07) is 9.22. The van der Waals surface area contributed by atoms with Gasteiger partial charge in [0.1, 0.15) is 5.17 Å². The van der Waals surface area contributed by atoms with Crippen LogP contribution in [-0.2, 0) is 4.74 Å². The SMILES string of the molecule is COC(=N)/C=C(\C(=N)Cl)c1ccccc1. The minimum atomic E-state index is -0.108. The smallest absolute Gasteiger partial charge is 0.206 e. The monoisotopic (exact) mass is 222 g/mol. The first-order valence-corrected chi connectivity index (χ1v) is 4.67. The average Bonchev–Trinajstić information content (AvgIpc) is 2.26. The molecule has 0 unspecified atom stereocenters. The van der Waals surface area contributed by atoms with Gasteiger partial charge in [-0.3, -0.25) is 10.8 Å². The van der Waals surface area contributed by atoms with Gasteiger partial charge in [0.25, 0.3) is 0 Å². The summed E-state index contributed by atoms with van der Waals surface area (Å²) in [5.41, 5.74) is 1.27. The maximum Gasteiger partial charge on any atom is 0.206 e. The summed E-state index contributed by atoms with van der Waals surface area (Å²) in [6.07, 6.45) is 1.42. The van der Waals surface area contributed by atoms with Crippen molar-refractivity contribution in [3.63, 3.8) is 0 Å². The molecule has 0 atom stereocenters. The lowest BCUT2D eigenvalue weighted by molar-refractivity contribution is 0.403. The minimum Gasteiger partial charge on any atom is -0.481 e. The molecule has 0 amide bonds. The van der Waals surface area contributed by atoms with Gasteiger partial charge in [0, 0.05) is 11.6 Å². The van der Waals surface area contributed by atoms with E-state index in [1.807, 2.05) is 30.3 Å². The number of hydrogen-bond donors (Lipinski definition) is 2. The molecule has 2 N–H and O–H groups in total. The maximum absolute atomic E-state index is 7.40. The molecule has 15 heavy (non-hydrogen) atoms. The van der Waals surface area contributed by atoms with Gasteiger partial charge in [0.15, 0.2) is 0 Å². The van der Waals surface area contributed by atoms with Gasteiger partial charge in [-0.2, -0.15) is 0 Å². The Hall–Kier alpha value is -1.61. The average molecular weight is 223 g/mol. The summed E-state index contributed by atoms with van der Waals surface area (Å²) in [7, 11) is 1.40. The molecule has 0 spiro atoms. The molecule has 3 nitrogen and oxygen atoms in total. The Kier molecular flexibility index (Phi) is 4.06. The second-order valence-electron chi connectivity index (χ2n) is 2.81. The third-order valence-electron chi connectivity index (χ3n) is 1.82. The van der Waals surface area contributed by atoms with E-state index in [1.54, 1.807) is 0 Å². The topological polar surface area (TPSA) is 56.9 Å². The lowest BCUT2D eigenvalue weighted by Gasteiger charge is -2.04. The van der Waals surface area contributed by atoms with Crippen LogP contribution in [0.2, 0.25) is 0 Å². The highest BCUT2D eigenvalue weighted by atomic mass is 35.5. The van der Waals surface area contributed by atoms with Crippen LogP contribution in [0.3, 0.4) is 0 Å². The molecule has 0 saturated heterocycles. The molecule has 0 radical (unpaired) electrons. The van der Waals surface area contributed by atoms with Gasteiger partial charge in [0.05, 0.1) is 7.11 Å². The van der Waals surface area contributed by atoms with E-state index >= 15 is 0 Å². The molecule has 0 aliphatic rings. The van der Waals surface area contributed by atoms with Crippen molar-refractivity contribution in [2.24, 2.45) is 0 Å². The minimum absolute atomic E-state index is 0.0285. The van der Waals surface area contributed by atoms with Crippen LogP contribution in [0, 0.1) is 10.8 Å². The molecule has 4 heteroatoms. The van der Waals surface area contributed by atoms with Crippen LogP contribution in [0.5, 0.6) is 0 Å². The molecule has 0 aromatic heterocycles. The van der Waals surface area contributed by atoms with Crippen LogP contribution in [0.1, 0.15) is 5.56 Å². The van der Waals surface area contributed by atoms with Crippen molar-refractivity contribution < 1.29 is 4.74 Å². The summed E-state index contributed by atoms with van der Waals surface area (Å²) in [4.78, 5) is 0. The van der Waals surface area contributed by atoms with Crippen molar-refractivity contribution in [2.75, 3.05) is 7.11 Å². The zero-order chi connectivity index (χ0) is 11.3. The first-order valence-electron chi connectivity index (χ1n) is 4.29. The highest BCUT2D eigenvalue weighted by Crippen LogP contribution is 2.17. The molecule has 78 valence electrons. The van der Waals surface area contributed by atoms with Gasteiger partial charge >= 0.3 is 0 Å². The van der Waals surface area contributed by atoms with Crippen molar-refractivity contribution in [3.05, 3.63) is 42.0 Å². The van der Waals surface area contributed by atoms with Crippen molar-refractivity contribution in [1.82, 2.24) is 0 Å². The van der Waals surface area contributed by atoms with Crippen LogP contribution in [-0.4, -0.2) is 18.2 Å². The second kappa shape index (κ2) is 5.32. The lowest BCUT2D eigenvalue weighted by atomic mass is 10.1. The number of hydrogen-bond acceptors (Lipinski definition) is 3. The molecule has 1 aromatic rings. The van der Waals surface area contributed by atoms with Crippen molar-refractivity contribution in [2.45, 2.75) is 0 Å². The van der Waals surface area contributed by atoms with Crippen LogP contribution in [0.25, 0.3) is 5.57 Å². The van der Waals surface area contributed by atoms with E-state index in [1.165, 1.54) is 13.2 Å². The molecule has 0 heterocycles. The van der Waals surface area contributed by atoms with E-state index in [0.717, 1.165) is 5.56 Å². The van der Waals surface area contributed by atoms with Gasteiger partial charge < -0.3 is 4.74 Å². The molecule has 0 fully saturated rings. The van der Waals surface area contributed by atoms with Crippen molar-refractivity contribution in [3.8, 4) is 0 Å². The van der Waals surface area contributed by atoms with Gasteiger partial charge in [-0.15, -0.1) is 0 Å². The van der Waals surface area contributed by atoms with Crippen LogP contribution >= 0.6 is 11.6 Å². The maximum atomic E-state index is 7.40. The third-order valence-corrected chi connectivity index (χ3v) is 2.02. The fraction of sp³-hybridized carbons (Fsp3) is 0.0909. The van der Waals surface area contributed by atoms with Crippen molar-refractivity contribution >= 4 is 28.2 Å². The lowest BCUT2D eigenvalue weighted by Crippen LogP contribution is -1.99. The number of methoxy groups -OCH3 is 1. The van der Waals surface area contributed by atoms with Crippen LogP contribution < -0.4 is 0 Å². The molecule has 0 bridgehead atoms. The number of benzene rings is 1. The summed E-state index contributed by atoms with van der Waals surface area (Å²) in [6.45, 7) is 0. The zero-order valence-corrected chi connectivity index (χ0v) is 9.01. The normalized spacial score (nSPS) is 10.9. The summed E-state index contributed by atoms with van der Waals surface area (Å²) < 4.78 is 4.70. The standard InChI is InChI=1S/C11H11ClN2O/c1-15-10(13)7-9(11(12)14)8-5-3-2-4-6-8/h2-7,13-14H,1H3/b9-7-,13-10?,14-11?. The Bertz CT molecular complexity index is 398. The molecular formula is C11H11ClN2O. The Morgan fingerprint density at radius 2 is 1.87 bits per heavy atom. The fourth-order valence-electron chi connectivity index (χ4n) is 1.08. The Morgan fingerprint density at radius 3 is 2.33 bits per heavy atom. The molecule has 0 aliphatic carbocycles. The number of halogens is 1. The quantitative estimate of drug-likeness (QED) is 0.600. The fourth-order valence-corrected chi connectivity index (χ4v) is 1.24. The Morgan fingerprint density at radius 1 is 1.27 bits per heavy atom. The molecule has 1 rings (SSSR count). The first kappa shape index (κ1) is 11.5. The zero-order valence-electron chi connectivity index (χ0n) is 8.25. The van der Waals surface area contributed by atoms with E-state index in [9.17, 15) is 0 Å². The largest absolute Gasteiger partial charge is 0.481 e. The predicted octanol–water partition coefficient (Wildman–Crippen LogP) is 2.91. The van der Waals surface area contributed by atoms with E-state index in [4.69, 9.17) is 27.2 Å². The van der Waals surface area contributed by atoms with E-state index in [0.29, 0.717) is 5.57 Å². The van der Waals surface area contributed by atoms with Crippen molar-refractivity contribution in [1.29, 1.82) is 10.8 Å². The third kappa shape index (κ3) is 3.22. The molecule has 0 saturated carbocycles. The number of allylic oxidation sites excluding steroid dienone is 1. The summed E-state index contributed by atoms with van der Waals surface area (Å²) in [5.74, 6) is -0.0285. The number of nitrogens with one attached hydrogen (secondary N) is 2. The van der Waals surface area contributed by atoms with Crippen LogP contribution in [0.4, 0.5) is 0 Å². The van der Waals surface area contributed by atoms with Gasteiger partial charge in [-0.1, -0.05) is 41.9 Å². The highest BCUT2D eigenvalue weighted by Gasteiger charge is 2.06. The summed E-state index contributed by atoms with van der Waals surface area (Å²) in [5, 5.41) is 14.7.